The molecule has 0 radical (unpaired) electrons. The second kappa shape index (κ2) is 5.95. The van der Waals surface area contributed by atoms with Crippen LogP contribution in [0.1, 0.15) is 27.7 Å². The number of hydrogen-bond donors (Lipinski definition) is 0. The predicted molar refractivity (Wildman–Crippen MR) is 79.5 cm³/mol. The average Bonchev–Trinajstić information content (AvgIpc) is 2.60. The molecule has 0 saturated carbocycles. The van der Waals surface area contributed by atoms with Crippen molar-refractivity contribution in [1.29, 1.82) is 0 Å². The standard InChI is InChI=1S/C15H22BFO4/c1-14(2)15(3,4)21-16(20-14)12-10-11(6-7-13(12)17)19-9-8-18-5/h6-7,10H,8-9H2,1-5H3. The third kappa shape index (κ3) is 3.39. The summed E-state index contributed by atoms with van der Waals surface area (Å²) in [5.74, 6) is 0.200. The van der Waals surface area contributed by atoms with Gasteiger partial charge in [0.05, 0.1) is 17.8 Å². The quantitative estimate of drug-likeness (QED) is 0.616. The van der Waals surface area contributed by atoms with E-state index in [0.717, 1.165) is 0 Å². The van der Waals surface area contributed by atoms with Crippen LogP contribution in [0.3, 0.4) is 0 Å². The Morgan fingerprint density at radius 1 is 1.10 bits per heavy atom. The topological polar surface area (TPSA) is 36.9 Å². The fourth-order valence-corrected chi connectivity index (χ4v) is 2.01. The van der Waals surface area contributed by atoms with E-state index in [9.17, 15) is 4.39 Å². The van der Waals surface area contributed by atoms with Gasteiger partial charge in [-0.25, -0.2) is 4.39 Å². The average molecular weight is 296 g/mol. The first-order valence-electron chi connectivity index (χ1n) is 7.04. The molecule has 1 aromatic carbocycles. The van der Waals surface area contributed by atoms with Crippen LogP contribution >= 0.6 is 0 Å². The van der Waals surface area contributed by atoms with Crippen molar-refractivity contribution < 1.29 is 23.2 Å². The molecule has 0 bridgehead atoms. The Labute approximate surface area is 125 Å². The van der Waals surface area contributed by atoms with Crippen LogP contribution in [0.15, 0.2) is 18.2 Å². The molecule has 0 spiro atoms. The van der Waals surface area contributed by atoms with E-state index in [1.807, 2.05) is 27.7 Å². The summed E-state index contributed by atoms with van der Waals surface area (Å²) in [4.78, 5) is 0. The lowest BCUT2D eigenvalue weighted by Crippen LogP contribution is -2.41. The van der Waals surface area contributed by atoms with Crippen molar-refractivity contribution in [3.05, 3.63) is 24.0 Å². The lowest BCUT2D eigenvalue weighted by atomic mass is 9.78. The SMILES string of the molecule is COCCOc1ccc(F)c(B2OC(C)(C)C(C)(C)O2)c1. The molecule has 0 atom stereocenters. The summed E-state index contributed by atoms with van der Waals surface area (Å²) in [6, 6.07) is 4.56. The molecule has 0 amide bonds. The zero-order valence-corrected chi connectivity index (χ0v) is 13.2. The first-order valence-corrected chi connectivity index (χ1v) is 7.04. The zero-order valence-electron chi connectivity index (χ0n) is 13.2. The maximum absolute atomic E-state index is 14.1. The maximum Gasteiger partial charge on any atom is 0.497 e. The Hall–Kier alpha value is -1.11. The van der Waals surface area contributed by atoms with Gasteiger partial charge in [0.1, 0.15) is 18.2 Å². The van der Waals surface area contributed by atoms with Crippen LogP contribution in [0.25, 0.3) is 0 Å². The van der Waals surface area contributed by atoms with Gasteiger partial charge in [-0.15, -0.1) is 0 Å². The van der Waals surface area contributed by atoms with Crippen LogP contribution in [0.2, 0.25) is 0 Å². The van der Waals surface area contributed by atoms with E-state index in [0.29, 0.717) is 24.4 Å². The molecule has 1 aliphatic heterocycles. The summed E-state index contributed by atoms with van der Waals surface area (Å²) in [6.45, 7) is 8.62. The Morgan fingerprint density at radius 2 is 1.71 bits per heavy atom. The van der Waals surface area contributed by atoms with Crippen LogP contribution in [0.5, 0.6) is 5.75 Å². The lowest BCUT2D eigenvalue weighted by molar-refractivity contribution is 0.00578. The molecular formula is C15H22BFO4. The molecule has 1 aliphatic rings. The Balaban J connectivity index is 2.18. The van der Waals surface area contributed by atoms with Crippen LogP contribution < -0.4 is 10.2 Å². The van der Waals surface area contributed by atoms with Crippen molar-refractivity contribution in [2.24, 2.45) is 0 Å². The first kappa shape index (κ1) is 16.3. The van der Waals surface area contributed by atoms with Crippen LogP contribution in [0.4, 0.5) is 4.39 Å². The third-order valence-corrected chi connectivity index (χ3v) is 4.03. The molecule has 21 heavy (non-hydrogen) atoms. The predicted octanol–water partition coefficient (Wildman–Crippen LogP) is 2.15. The molecule has 1 fully saturated rings. The van der Waals surface area contributed by atoms with Gasteiger partial charge in [-0.3, -0.25) is 0 Å². The summed E-state index contributed by atoms with van der Waals surface area (Å²) < 4.78 is 36.2. The van der Waals surface area contributed by atoms with Crippen molar-refractivity contribution in [3.63, 3.8) is 0 Å². The van der Waals surface area contributed by atoms with Gasteiger partial charge in [-0.1, -0.05) is 0 Å². The molecule has 4 nitrogen and oxygen atoms in total. The highest BCUT2D eigenvalue weighted by Crippen LogP contribution is 2.36. The van der Waals surface area contributed by atoms with Gasteiger partial charge in [0.25, 0.3) is 0 Å². The molecule has 116 valence electrons. The molecule has 0 N–H and O–H groups in total. The van der Waals surface area contributed by atoms with E-state index in [1.54, 1.807) is 19.2 Å². The largest absolute Gasteiger partial charge is 0.497 e. The van der Waals surface area contributed by atoms with Crippen molar-refractivity contribution in [2.45, 2.75) is 38.9 Å². The molecular weight excluding hydrogens is 274 g/mol. The molecule has 0 aromatic heterocycles. The summed E-state index contributed by atoms with van der Waals surface area (Å²) >= 11 is 0. The van der Waals surface area contributed by atoms with E-state index in [2.05, 4.69) is 0 Å². The summed E-state index contributed by atoms with van der Waals surface area (Å²) in [5, 5.41) is 0. The second-order valence-corrected chi connectivity index (χ2v) is 6.11. The van der Waals surface area contributed by atoms with Gasteiger partial charge < -0.3 is 18.8 Å². The van der Waals surface area contributed by atoms with Crippen molar-refractivity contribution in [3.8, 4) is 5.75 Å². The Bertz CT molecular complexity index is 488. The number of halogens is 1. The minimum atomic E-state index is -0.735. The highest BCUT2D eigenvalue weighted by molar-refractivity contribution is 6.62. The first-order chi connectivity index (χ1) is 9.77. The number of hydrogen-bond acceptors (Lipinski definition) is 4. The molecule has 2 rings (SSSR count). The molecule has 1 saturated heterocycles. The van der Waals surface area contributed by atoms with Crippen LogP contribution in [-0.4, -0.2) is 38.6 Å². The summed E-state index contributed by atoms with van der Waals surface area (Å²) in [7, 11) is 0.866. The van der Waals surface area contributed by atoms with Gasteiger partial charge in [-0.05, 0) is 45.9 Å². The second-order valence-electron chi connectivity index (χ2n) is 6.11. The van der Waals surface area contributed by atoms with E-state index in [-0.39, 0.29) is 5.82 Å². The smallest absolute Gasteiger partial charge is 0.491 e. The fourth-order valence-electron chi connectivity index (χ4n) is 2.01. The summed E-state index contributed by atoms with van der Waals surface area (Å²) in [5.41, 5.74) is -0.655. The van der Waals surface area contributed by atoms with E-state index in [4.69, 9.17) is 18.8 Å². The molecule has 6 heteroatoms. The number of benzene rings is 1. The number of methoxy groups -OCH3 is 1. The van der Waals surface area contributed by atoms with Gasteiger partial charge in [0, 0.05) is 12.6 Å². The van der Waals surface area contributed by atoms with E-state index < -0.39 is 18.3 Å². The molecule has 0 unspecified atom stereocenters. The highest BCUT2D eigenvalue weighted by atomic mass is 19.1. The lowest BCUT2D eigenvalue weighted by Gasteiger charge is -2.32. The van der Waals surface area contributed by atoms with E-state index in [1.165, 1.54) is 6.07 Å². The van der Waals surface area contributed by atoms with Crippen molar-refractivity contribution in [1.82, 2.24) is 0 Å². The molecule has 1 aromatic rings. The fraction of sp³-hybridized carbons (Fsp3) is 0.600. The summed E-state index contributed by atoms with van der Waals surface area (Å²) in [6.07, 6.45) is 0. The van der Waals surface area contributed by atoms with Gasteiger partial charge in [-0.2, -0.15) is 0 Å². The Morgan fingerprint density at radius 3 is 2.29 bits per heavy atom. The molecule has 0 aliphatic carbocycles. The normalized spacial score (nSPS) is 19.8. The Kier molecular flexibility index (Phi) is 4.61. The van der Waals surface area contributed by atoms with Gasteiger partial charge >= 0.3 is 7.12 Å². The minimum Gasteiger partial charge on any atom is -0.491 e. The van der Waals surface area contributed by atoms with Crippen LogP contribution in [0, 0.1) is 5.82 Å². The highest BCUT2D eigenvalue weighted by Gasteiger charge is 2.52. The zero-order chi connectivity index (χ0) is 15.7. The van der Waals surface area contributed by atoms with Gasteiger partial charge in [0.2, 0.25) is 0 Å². The molecule has 1 heterocycles. The third-order valence-electron chi connectivity index (χ3n) is 4.03. The van der Waals surface area contributed by atoms with E-state index >= 15 is 0 Å². The maximum atomic E-state index is 14.1. The monoisotopic (exact) mass is 296 g/mol. The van der Waals surface area contributed by atoms with Crippen molar-refractivity contribution >= 4 is 12.6 Å². The number of rotatable bonds is 5. The minimum absolute atomic E-state index is 0.351. The van der Waals surface area contributed by atoms with Crippen LogP contribution in [-0.2, 0) is 14.0 Å². The number of ether oxygens (including phenoxy) is 2. The van der Waals surface area contributed by atoms with Gasteiger partial charge in [0.15, 0.2) is 0 Å². The van der Waals surface area contributed by atoms with Crippen molar-refractivity contribution in [2.75, 3.05) is 20.3 Å².